The normalized spacial score (nSPS) is 19.5. The molecule has 1 aliphatic rings. The lowest BCUT2D eigenvalue weighted by Crippen LogP contribution is -2.46. The second-order valence-corrected chi connectivity index (χ2v) is 1.55. The van der Waals surface area contributed by atoms with E-state index in [0.29, 0.717) is 13.0 Å². The monoisotopic (exact) mass is 117 g/mol. The first-order chi connectivity index (χ1) is 3.79. The second kappa shape index (κ2) is 1.81. The molecule has 1 heterocycles. The number of hydrogen-bond acceptors (Lipinski definition) is 2. The molecule has 0 unspecified atom stereocenters. The van der Waals surface area contributed by atoms with Gasteiger partial charge in [0, 0.05) is 13.0 Å². The topological polar surface area (TPSA) is 58.2 Å². The minimum Gasteiger partial charge on any atom is -0.337 e. The van der Waals surface area contributed by atoms with Crippen LogP contribution in [-0.4, -0.2) is 18.5 Å². The van der Waals surface area contributed by atoms with Gasteiger partial charge in [0.05, 0.1) is 0 Å². The maximum absolute atomic E-state index is 10.3. The Labute approximate surface area is 46.3 Å². The summed E-state index contributed by atoms with van der Waals surface area (Å²) >= 11 is 0. The van der Waals surface area contributed by atoms with Crippen molar-refractivity contribution < 1.29 is 9.59 Å². The van der Waals surface area contributed by atoms with Gasteiger partial charge in [0.15, 0.2) is 0 Å². The highest BCUT2D eigenvalue weighted by Crippen LogP contribution is 1.82. The number of imide groups is 1. The van der Waals surface area contributed by atoms with E-state index in [1.54, 1.807) is 0 Å². The highest BCUT2D eigenvalue weighted by molar-refractivity contribution is 5.96. The molecule has 0 saturated carbocycles. The number of amides is 3. The van der Waals surface area contributed by atoms with Crippen LogP contribution in [0.25, 0.3) is 0 Å². The third kappa shape index (κ3) is 0.959. The minimum atomic E-state index is -0.388. The van der Waals surface area contributed by atoms with Crippen molar-refractivity contribution in [1.82, 2.24) is 10.6 Å². The zero-order chi connectivity index (χ0) is 5.98. The first-order valence-electron chi connectivity index (χ1n) is 2.37. The number of carbonyl (C=O) groups is 2. The standard InChI is InChI=1S/C4H6N2O2/c7-3-1-2-5-4(8)6-3/h1-2H2,(H2,5,6,7,8)/i4+1,5+1,6+1. The Morgan fingerprint density at radius 2 is 2.12 bits per heavy atom. The molecule has 8 heavy (non-hydrogen) atoms. The van der Waals surface area contributed by atoms with E-state index in [0.717, 1.165) is 0 Å². The highest BCUT2D eigenvalue weighted by atomic mass is 16.4. The molecule has 44 valence electrons. The SMILES string of the molecule is O=C1CC[15NH][13C](=O)[15NH]1. The van der Waals surface area contributed by atoms with Gasteiger partial charge in [-0.25, -0.2) is 4.79 Å². The molecule has 1 fully saturated rings. The summed E-state index contributed by atoms with van der Waals surface area (Å²) in [5.74, 6) is -0.200. The van der Waals surface area contributed by atoms with Crippen LogP contribution in [0.2, 0.25) is 0 Å². The molecule has 0 spiro atoms. The Bertz CT molecular complexity index is 118. The van der Waals surface area contributed by atoms with Crippen LogP contribution in [-0.2, 0) is 4.79 Å². The molecule has 4 heteroatoms. The lowest BCUT2D eigenvalue weighted by Gasteiger charge is -2.10. The van der Waals surface area contributed by atoms with Gasteiger partial charge in [0.1, 0.15) is 0 Å². The summed E-state index contributed by atoms with van der Waals surface area (Å²) in [6.07, 6.45) is 0.395. The van der Waals surface area contributed by atoms with Crippen molar-refractivity contribution in [2.24, 2.45) is 0 Å². The lowest BCUT2D eigenvalue weighted by molar-refractivity contribution is -0.120. The molecular weight excluding hydrogens is 111 g/mol. The molecule has 0 atom stereocenters. The average Bonchev–Trinajstić information content (AvgIpc) is 1.64. The molecule has 3 amide bonds. The third-order valence-electron chi connectivity index (χ3n) is 0.891. The Morgan fingerprint density at radius 3 is 2.50 bits per heavy atom. The molecule has 1 rings (SSSR count). The van der Waals surface area contributed by atoms with Crippen molar-refractivity contribution in [2.45, 2.75) is 6.42 Å². The quantitative estimate of drug-likeness (QED) is 0.323. The van der Waals surface area contributed by atoms with E-state index in [4.69, 9.17) is 0 Å². The molecule has 2 N–H and O–H groups in total. The summed E-state index contributed by atoms with van der Waals surface area (Å²) in [5, 5.41) is 4.53. The van der Waals surface area contributed by atoms with Gasteiger partial charge in [-0.05, 0) is 0 Å². The van der Waals surface area contributed by atoms with Crippen molar-refractivity contribution in [3.05, 3.63) is 0 Å². The van der Waals surface area contributed by atoms with E-state index in [9.17, 15) is 9.59 Å². The van der Waals surface area contributed by atoms with Crippen molar-refractivity contribution in [3.8, 4) is 0 Å². The number of carbonyl (C=O) groups excluding carboxylic acids is 2. The molecule has 0 aromatic carbocycles. The number of nitrogens with one attached hydrogen (secondary N) is 2. The van der Waals surface area contributed by atoms with E-state index in [1.807, 2.05) is 0 Å². The van der Waals surface area contributed by atoms with Crippen molar-refractivity contribution in [1.29, 1.82) is 0 Å². The maximum Gasteiger partial charge on any atom is 0.321 e. The van der Waals surface area contributed by atoms with Crippen LogP contribution in [0.3, 0.4) is 0 Å². The van der Waals surface area contributed by atoms with Crippen molar-refractivity contribution >= 4 is 11.9 Å². The minimum absolute atomic E-state index is 0.200. The molecule has 0 radical (unpaired) electrons. The van der Waals surface area contributed by atoms with Crippen LogP contribution >= 0.6 is 0 Å². The summed E-state index contributed by atoms with van der Waals surface area (Å²) in [4.78, 5) is 20.5. The average molecular weight is 117 g/mol. The van der Waals surface area contributed by atoms with Crippen LogP contribution < -0.4 is 10.6 Å². The Morgan fingerprint density at radius 1 is 1.38 bits per heavy atom. The summed E-state index contributed by atoms with van der Waals surface area (Å²) < 4.78 is 0. The summed E-state index contributed by atoms with van der Waals surface area (Å²) in [6, 6.07) is -0.388. The maximum atomic E-state index is 10.3. The van der Waals surface area contributed by atoms with Crippen LogP contribution in [0.4, 0.5) is 4.79 Å². The van der Waals surface area contributed by atoms with Crippen LogP contribution in [0.15, 0.2) is 0 Å². The van der Waals surface area contributed by atoms with Gasteiger partial charge in [-0.15, -0.1) is 0 Å². The Hall–Kier alpha value is -1.06. The molecule has 0 aliphatic carbocycles. The largest absolute Gasteiger partial charge is 0.337 e. The highest BCUT2D eigenvalue weighted by Gasteiger charge is 2.11. The van der Waals surface area contributed by atoms with Gasteiger partial charge in [-0.3, -0.25) is 10.1 Å². The summed E-state index contributed by atoms with van der Waals surface area (Å²) in [6.45, 7) is 0.463. The number of urea groups is 1. The van der Waals surface area contributed by atoms with E-state index in [1.165, 1.54) is 0 Å². The first kappa shape index (κ1) is 5.08. The predicted molar refractivity (Wildman–Crippen MR) is 26.2 cm³/mol. The van der Waals surface area contributed by atoms with Gasteiger partial charge in [-0.2, -0.15) is 0 Å². The van der Waals surface area contributed by atoms with Crippen LogP contribution in [0, 0.1) is 0 Å². The van der Waals surface area contributed by atoms with E-state index < -0.39 is 0 Å². The summed E-state index contributed by atoms with van der Waals surface area (Å²) in [5.41, 5.74) is 0. The fourth-order valence-corrected chi connectivity index (χ4v) is 0.523. The molecule has 0 bridgehead atoms. The third-order valence-corrected chi connectivity index (χ3v) is 0.891. The molecule has 0 aromatic heterocycles. The van der Waals surface area contributed by atoms with Crippen molar-refractivity contribution in [3.63, 3.8) is 0 Å². The van der Waals surface area contributed by atoms with Gasteiger partial charge < -0.3 is 5.32 Å². The van der Waals surface area contributed by atoms with E-state index in [2.05, 4.69) is 10.6 Å². The lowest BCUT2D eigenvalue weighted by atomic mass is 10.4. The zero-order valence-corrected chi connectivity index (χ0v) is 4.23. The van der Waals surface area contributed by atoms with Gasteiger partial charge in [0.2, 0.25) is 5.91 Å². The molecular formula is C4H6N2O2. The van der Waals surface area contributed by atoms with Crippen molar-refractivity contribution in [2.75, 3.05) is 6.54 Å². The van der Waals surface area contributed by atoms with E-state index in [-0.39, 0.29) is 11.9 Å². The smallest absolute Gasteiger partial charge is 0.321 e. The number of hydrogen-bond donors (Lipinski definition) is 2. The van der Waals surface area contributed by atoms with Gasteiger partial charge >= 0.3 is 6.03 Å². The Balaban J connectivity index is 2.45. The molecule has 1 saturated heterocycles. The second-order valence-electron chi connectivity index (χ2n) is 1.55. The van der Waals surface area contributed by atoms with E-state index >= 15 is 0 Å². The van der Waals surface area contributed by atoms with Crippen LogP contribution in [0.5, 0.6) is 0 Å². The molecule has 0 aromatic rings. The van der Waals surface area contributed by atoms with Crippen LogP contribution in [0.1, 0.15) is 6.42 Å². The first-order valence-corrected chi connectivity index (χ1v) is 2.37. The summed E-state index contributed by atoms with van der Waals surface area (Å²) in [7, 11) is 0. The molecule has 1 aliphatic heterocycles. The zero-order valence-electron chi connectivity index (χ0n) is 4.23. The fourth-order valence-electron chi connectivity index (χ4n) is 0.523. The predicted octanol–water partition coefficient (Wildman–Crippen LogP) is -0.784. The van der Waals surface area contributed by atoms with Gasteiger partial charge in [0.25, 0.3) is 0 Å². The molecule has 4 nitrogen and oxygen atoms in total. The van der Waals surface area contributed by atoms with Gasteiger partial charge in [-0.1, -0.05) is 0 Å². The Kier molecular flexibility index (Phi) is 1.15. The fraction of sp³-hybridized carbons (Fsp3) is 0.500. The number of rotatable bonds is 0.